The van der Waals surface area contributed by atoms with Crippen LogP contribution in [0.25, 0.3) is 0 Å². The topological polar surface area (TPSA) is 50.4 Å². The summed E-state index contributed by atoms with van der Waals surface area (Å²) in [5.41, 5.74) is 0.180. The zero-order chi connectivity index (χ0) is 11.2. The second kappa shape index (κ2) is 3.37. The Hall–Kier alpha value is -1.26. The maximum absolute atomic E-state index is 12.0. The van der Waals surface area contributed by atoms with E-state index in [1.807, 2.05) is 6.07 Å². The van der Waals surface area contributed by atoms with E-state index in [1.54, 1.807) is 12.1 Å². The molecule has 16 heavy (non-hydrogen) atoms. The number of benzene rings is 1. The zero-order valence-corrected chi connectivity index (χ0v) is 9.30. The molecule has 1 aromatic carbocycles. The number of carbonyl (C=O) groups excluding carboxylic acids is 1. The molecule has 1 fully saturated rings. The molecule has 1 atom stereocenters. The van der Waals surface area contributed by atoms with Gasteiger partial charge < -0.3 is 10.1 Å². The van der Waals surface area contributed by atoms with E-state index >= 15 is 0 Å². The Kier molecular flexibility index (Phi) is 2.09. The van der Waals surface area contributed by atoms with Crippen LogP contribution in [0.3, 0.4) is 0 Å². The second-order valence-electron chi connectivity index (χ2n) is 4.00. The van der Waals surface area contributed by atoms with Crippen LogP contribution in [0.4, 0.5) is 0 Å². The minimum absolute atomic E-state index is 0.000633. The second-order valence-corrected chi connectivity index (χ2v) is 4.44. The summed E-state index contributed by atoms with van der Waals surface area (Å²) in [6.07, 6.45) is 0.631. The molecular formula is C11H11ClN2O2. The highest BCUT2D eigenvalue weighted by molar-refractivity contribution is 6.30. The van der Waals surface area contributed by atoms with Crippen molar-refractivity contribution in [2.24, 2.45) is 0 Å². The van der Waals surface area contributed by atoms with Gasteiger partial charge in [0.05, 0.1) is 13.3 Å². The molecule has 84 valence electrons. The number of hydrogen-bond donors (Lipinski definition) is 2. The van der Waals surface area contributed by atoms with Crippen LogP contribution in [0.5, 0.6) is 5.75 Å². The molecular weight excluding hydrogens is 228 g/mol. The first kappa shape index (κ1) is 9.93. The van der Waals surface area contributed by atoms with Gasteiger partial charge in [0, 0.05) is 17.0 Å². The number of fused-ring (bicyclic) bond motifs is 2. The minimum atomic E-state index is -0.654. The molecule has 0 aromatic heterocycles. The molecule has 1 saturated heterocycles. The van der Waals surface area contributed by atoms with Gasteiger partial charge in [-0.15, -0.1) is 0 Å². The van der Waals surface area contributed by atoms with Crippen LogP contribution in [-0.4, -0.2) is 19.2 Å². The molecule has 1 amide bonds. The van der Waals surface area contributed by atoms with Crippen molar-refractivity contribution in [1.82, 2.24) is 10.6 Å². The Balaban J connectivity index is 2.18. The maximum Gasteiger partial charge on any atom is 0.246 e. The summed E-state index contributed by atoms with van der Waals surface area (Å²) in [6, 6.07) is 5.38. The van der Waals surface area contributed by atoms with Gasteiger partial charge in [0.1, 0.15) is 11.3 Å². The number of amides is 1. The summed E-state index contributed by atoms with van der Waals surface area (Å²) in [4.78, 5) is 12.0. The lowest BCUT2D eigenvalue weighted by Crippen LogP contribution is -2.47. The molecule has 0 saturated carbocycles. The lowest BCUT2D eigenvalue weighted by Gasteiger charge is -2.33. The molecule has 0 bridgehead atoms. The van der Waals surface area contributed by atoms with Crippen LogP contribution >= 0.6 is 11.6 Å². The van der Waals surface area contributed by atoms with E-state index < -0.39 is 5.54 Å². The van der Waals surface area contributed by atoms with Crippen molar-refractivity contribution in [3.8, 4) is 5.75 Å². The molecule has 2 aliphatic heterocycles. The van der Waals surface area contributed by atoms with Gasteiger partial charge in [-0.2, -0.15) is 0 Å². The van der Waals surface area contributed by atoms with Crippen molar-refractivity contribution in [3.63, 3.8) is 0 Å². The predicted octanol–water partition coefficient (Wildman–Crippen LogP) is 0.995. The van der Waals surface area contributed by atoms with Crippen molar-refractivity contribution in [2.75, 3.05) is 13.3 Å². The summed E-state index contributed by atoms with van der Waals surface area (Å²) in [5.74, 6) is 0.736. The fourth-order valence-electron chi connectivity index (χ4n) is 2.34. The van der Waals surface area contributed by atoms with E-state index in [0.717, 1.165) is 11.3 Å². The Labute approximate surface area is 97.9 Å². The Morgan fingerprint density at radius 1 is 1.44 bits per heavy atom. The van der Waals surface area contributed by atoms with Crippen molar-refractivity contribution in [1.29, 1.82) is 0 Å². The lowest BCUT2D eigenvalue weighted by molar-refractivity contribution is -0.125. The molecule has 3 rings (SSSR count). The molecule has 0 radical (unpaired) electrons. The first-order valence-electron chi connectivity index (χ1n) is 5.18. The lowest BCUT2D eigenvalue weighted by atomic mass is 9.85. The fraction of sp³-hybridized carbons (Fsp3) is 0.364. The third-order valence-corrected chi connectivity index (χ3v) is 3.40. The highest BCUT2D eigenvalue weighted by atomic mass is 35.5. The average molecular weight is 239 g/mol. The SMILES string of the molecule is O=C1NCNC12CCOc1ccc(Cl)cc12. The van der Waals surface area contributed by atoms with Crippen LogP contribution in [0.15, 0.2) is 18.2 Å². The Morgan fingerprint density at radius 2 is 2.31 bits per heavy atom. The largest absolute Gasteiger partial charge is 0.493 e. The standard InChI is InChI=1S/C11H11ClN2O2/c12-7-1-2-9-8(5-7)11(3-4-16-9)10(15)13-6-14-11/h1-2,5,14H,3-4,6H2,(H,13,15). The predicted molar refractivity (Wildman–Crippen MR) is 59.4 cm³/mol. The first-order chi connectivity index (χ1) is 7.72. The van der Waals surface area contributed by atoms with Crippen LogP contribution in [-0.2, 0) is 10.3 Å². The Morgan fingerprint density at radius 3 is 3.06 bits per heavy atom. The number of nitrogens with one attached hydrogen (secondary N) is 2. The number of carbonyl (C=O) groups is 1. The molecule has 2 aliphatic rings. The highest BCUT2D eigenvalue weighted by Crippen LogP contribution is 2.39. The van der Waals surface area contributed by atoms with Gasteiger partial charge >= 0.3 is 0 Å². The molecule has 1 spiro atoms. The third kappa shape index (κ3) is 1.23. The summed E-state index contributed by atoms with van der Waals surface area (Å²) in [6.45, 7) is 1.03. The van der Waals surface area contributed by atoms with Crippen molar-refractivity contribution < 1.29 is 9.53 Å². The summed E-state index contributed by atoms with van der Waals surface area (Å²) < 4.78 is 5.53. The van der Waals surface area contributed by atoms with Gasteiger partial charge in [-0.05, 0) is 18.2 Å². The van der Waals surface area contributed by atoms with Crippen molar-refractivity contribution in [3.05, 3.63) is 28.8 Å². The maximum atomic E-state index is 12.0. The van der Waals surface area contributed by atoms with Gasteiger partial charge in [0.15, 0.2) is 0 Å². The molecule has 4 nitrogen and oxygen atoms in total. The van der Waals surface area contributed by atoms with Crippen molar-refractivity contribution >= 4 is 17.5 Å². The normalized spacial score (nSPS) is 27.4. The van der Waals surface area contributed by atoms with E-state index in [4.69, 9.17) is 16.3 Å². The van der Waals surface area contributed by atoms with E-state index in [9.17, 15) is 4.79 Å². The number of ether oxygens (including phenoxy) is 1. The Bertz CT molecular complexity index is 463. The average Bonchev–Trinajstić information content (AvgIpc) is 2.63. The number of hydrogen-bond acceptors (Lipinski definition) is 3. The number of rotatable bonds is 0. The van der Waals surface area contributed by atoms with Crippen LogP contribution in [0.2, 0.25) is 5.02 Å². The molecule has 0 aliphatic carbocycles. The summed E-state index contributed by atoms with van der Waals surface area (Å²) in [7, 11) is 0. The molecule has 1 aromatic rings. The summed E-state index contributed by atoms with van der Waals surface area (Å²) >= 11 is 5.97. The van der Waals surface area contributed by atoms with Gasteiger partial charge in [0.25, 0.3) is 0 Å². The molecule has 5 heteroatoms. The van der Waals surface area contributed by atoms with E-state index in [1.165, 1.54) is 0 Å². The number of halogens is 1. The smallest absolute Gasteiger partial charge is 0.246 e. The third-order valence-electron chi connectivity index (χ3n) is 3.16. The van der Waals surface area contributed by atoms with E-state index in [2.05, 4.69) is 10.6 Å². The minimum Gasteiger partial charge on any atom is -0.493 e. The van der Waals surface area contributed by atoms with Gasteiger partial charge in [-0.1, -0.05) is 11.6 Å². The van der Waals surface area contributed by atoms with Crippen LogP contribution < -0.4 is 15.4 Å². The highest BCUT2D eigenvalue weighted by Gasteiger charge is 2.47. The van der Waals surface area contributed by atoms with Crippen LogP contribution in [0.1, 0.15) is 12.0 Å². The molecule has 2 N–H and O–H groups in total. The van der Waals surface area contributed by atoms with Crippen molar-refractivity contribution in [2.45, 2.75) is 12.0 Å². The van der Waals surface area contributed by atoms with Gasteiger partial charge in [0.2, 0.25) is 5.91 Å². The van der Waals surface area contributed by atoms with Gasteiger partial charge in [-0.25, -0.2) is 0 Å². The molecule has 2 heterocycles. The van der Waals surface area contributed by atoms with Gasteiger partial charge in [-0.3, -0.25) is 10.1 Å². The van der Waals surface area contributed by atoms with E-state index in [0.29, 0.717) is 24.7 Å². The van der Waals surface area contributed by atoms with Crippen LogP contribution in [0, 0.1) is 0 Å². The quantitative estimate of drug-likeness (QED) is 0.709. The fourth-order valence-corrected chi connectivity index (χ4v) is 2.51. The zero-order valence-electron chi connectivity index (χ0n) is 8.55. The molecule has 1 unspecified atom stereocenters. The summed E-state index contributed by atoms with van der Waals surface area (Å²) in [5, 5.41) is 6.61. The first-order valence-corrected chi connectivity index (χ1v) is 5.56. The monoisotopic (exact) mass is 238 g/mol. The van der Waals surface area contributed by atoms with E-state index in [-0.39, 0.29) is 5.91 Å².